The molecule has 2 aromatic carbocycles. The molecule has 0 aliphatic rings. The topological polar surface area (TPSA) is 98.8 Å². The molecule has 0 saturated heterocycles. The van der Waals surface area contributed by atoms with E-state index in [-0.39, 0.29) is 5.75 Å². The number of Topliss-reactive ketones (excluding diaryl/α,β-unsaturated/α-hetero) is 1. The fraction of sp³-hybridized carbons (Fsp3) is 0.200. The smallest absolute Gasteiger partial charge is 0.447 e. The van der Waals surface area contributed by atoms with Crippen molar-refractivity contribution in [1.82, 2.24) is 0 Å². The first kappa shape index (κ1) is 25.9. The molecule has 0 fully saturated rings. The average molecular weight is 493 g/mol. The second-order valence-corrected chi connectivity index (χ2v) is 7.95. The summed E-state index contributed by atoms with van der Waals surface area (Å²) in [6.07, 6.45) is -8.12. The van der Waals surface area contributed by atoms with E-state index < -0.39 is 50.6 Å². The first-order valence-electron chi connectivity index (χ1n) is 8.83. The number of ketones is 1. The average Bonchev–Trinajstić information content (AvgIpc) is 2.76. The molecule has 1 unspecified atom stereocenters. The number of carbonyl (C=O) groups excluding carboxylic acids is 2. The van der Waals surface area contributed by atoms with Crippen molar-refractivity contribution < 1.29 is 48.9 Å². The molecule has 2 aromatic rings. The zero-order valence-corrected chi connectivity index (χ0v) is 17.5. The van der Waals surface area contributed by atoms with Gasteiger partial charge in [-0.05, 0) is 17.7 Å². The number of hydrogen-bond acceptors (Lipinski definition) is 6. The number of nitrogens with one attached hydrogen (secondary N) is 1. The predicted octanol–water partition coefficient (Wildman–Crippen LogP) is 4.03. The van der Waals surface area contributed by atoms with Gasteiger partial charge in [0.15, 0.2) is 0 Å². The summed E-state index contributed by atoms with van der Waals surface area (Å²) < 4.78 is 101. The van der Waals surface area contributed by atoms with Gasteiger partial charge in [-0.3, -0.25) is 9.59 Å². The molecule has 0 aliphatic carbocycles. The standard InChI is InChI=1S/C20H16F5NO6S/c1-3-12-9-10-14(15(11-12)31-2)26-18(28)20(24,25)33(29,30)32-17(19(21,22)23)16(27)13-7-5-4-6-8-13/h3-11,17H,1H2,2H3,(H,26,28). The Labute approximate surface area is 184 Å². The van der Waals surface area contributed by atoms with Gasteiger partial charge in [-0.2, -0.15) is 30.4 Å². The molecule has 0 heterocycles. The van der Waals surface area contributed by atoms with Gasteiger partial charge in [-0.15, -0.1) is 0 Å². The van der Waals surface area contributed by atoms with Crippen molar-refractivity contribution in [3.63, 3.8) is 0 Å². The third-order valence-electron chi connectivity index (χ3n) is 4.10. The van der Waals surface area contributed by atoms with E-state index in [1.165, 1.54) is 36.4 Å². The van der Waals surface area contributed by atoms with Crippen molar-refractivity contribution in [2.75, 3.05) is 12.4 Å². The summed E-state index contributed by atoms with van der Waals surface area (Å²) in [7, 11) is -5.47. The van der Waals surface area contributed by atoms with Crippen molar-refractivity contribution in [3.8, 4) is 5.75 Å². The molecule has 1 N–H and O–H groups in total. The lowest BCUT2D eigenvalue weighted by Gasteiger charge is -2.22. The number of carbonyl (C=O) groups is 2. The van der Waals surface area contributed by atoms with E-state index in [4.69, 9.17) is 4.74 Å². The Kier molecular flexibility index (Phi) is 7.60. The van der Waals surface area contributed by atoms with E-state index in [1.807, 2.05) is 0 Å². The highest BCUT2D eigenvalue weighted by molar-refractivity contribution is 7.88. The quantitative estimate of drug-likeness (QED) is 0.322. The van der Waals surface area contributed by atoms with Crippen molar-refractivity contribution in [2.24, 2.45) is 0 Å². The van der Waals surface area contributed by atoms with Crippen LogP contribution in [0.15, 0.2) is 55.1 Å². The molecule has 13 heteroatoms. The molecule has 0 spiro atoms. The normalized spacial score (nSPS) is 13.2. The summed E-state index contributed by atoms with van der Waals surface area (Å²) >= 11 is 0. The van der Waals surface area contributed by atoms with Crippen LogP contribution in [0.2, 0.25) is 0 Å². The summed E-state index contributed by atoms with van der Waals surface area (Å²) in [5.41, 5.74) is -0.592. The van der Waals surface area contributed by atoms with Crippen LogP contribution >= 0.6 is 0 Å². The second-order valence-electron chi connectivity index (χ2n) is 6.34. The summed E-state index contributed by atoms with van der Waals surface area (Å²) in [6, 6.07) is 9.16. The maximum Gasteiger partial charge on any atom is 0.447 e. The molecule has 7 nitrogen and oxygen atoms in total. The number of rotatable bonds is 9. The lowest BCUT2D eigenvalue weighted by Crippen LogP contribution is -2.48. The Bertz CT molecular complexity index is 1150. The summed E-state index contributed by atoms with van der Waals surface area (Å²) in [4.78, 5) is 24.1. The second kappa shape index (κ2) is 9.67. The minimum absolute atomic E-state index is 0.165. The molecule has 33 heavy (non-hydrogen) atoms. The number of benzene rings is 2. The van der Waals surface area contributed by atoms with Crippen LogP contribution < -0.4 is 10.1 Å². The van der Waals surface area contributed by atoms with Gasteiger partial charge in [0.05, 0.1) is 12.8 Å². The van der Waals surface area contributed by atoms with Crippen LogP contribution in [0.1, 0.15) is 15.9 Å². The molecule has 0 saturated carbocycles. The van der Waals surface area contributed by atoms with E-state index in [0.717, 1.165) is 25.3 Å². The van der Waals surface area contributed by atoms with Crippen LogP contribution in [0.25, 0.3) is 6.08 Å². The van der Waals surface area contributed by atoms with Crippen LogP contribution in [0, 0.1) is 0 Å². The molecule has 178 valence electrons. The number of ether oxygens (including phenoxy) is 1. The fourth-order valence-electron chi connectivity index (χ4n) is 2.43. The van der Waals surface area contributed by atoms with Gasteiger partial charge in [0.25, 0.3) is 0 Å². The summed E-state index contributed by atoms with van der Waals surface area (Å²) in [5.74, 6) is -4.63. The third kappa shape index (κ3) is 5.73. The Morgan fingerprint density at radius 3 is 2.18 bits per heavy atom. The highest BCUT2D eigenvalue weighted by atomic mass is 32.2. The SMILES string of the molecule is C=Cc1ccc(NC(=O)C(F)(F)S(=O)(=O)OC(C(=O)c2ccccc2)C(F)(F)F)c(OC)c1. The molecule has 0 bridgehead atoms. The molecular weight excluding hydrogens is 477 g/mol. The number of anilines is 1. The highest BCUT2D eigenvalue weighted by Crippen LogP contribution is 2.34. The van der Waals surface area contributed by atoms with Gasteiger partial charge in [0.1, 0.15) is 5.75 Å². The largest absolute Gasteiger partial charge is 0.495 e. The lowest BCUT2D eigenvalue weighted by atomic mass is 10.1. The number of amides is 1. The van der Waals surface area contributed by atoms with Gasteiger partial charge >= 0.3 is 27.5 Å². The van der Waals surface area contributed by atoms with E-state index in [1.54, 1.807) is 5.32 Å². The van der Waals surface area contributed by atoms with Crippen molar-refractivity contribution in [2.45, 2.75) is 17.5 Å². The highest BCUT2D eigenvalue weighted by Gasteiger charge is 2.59. The fourth-order valence-corrected chi connectivity index (χ4v) is 3.28. The lowest BCUT2D eigenvalue weighted by molar-refractivity contribution is -0.180. The Morgan fingerprint density at radius 2 is 1.67 bits per heavy atom. The number of hydrogen-bond donors (Lipinski definition) is 1. The Balaban J connectivity index is 2.35. The first-order chi connectivity index (χ1) is 15.2. The van der Waals surface area contributed by atoms with Crippen LogP contribution in [0.3, 0.4) is 0 Å². The van der Waals surface area contributed by atoms with E-state index in [2.05, 4.69) is 10.8 Å². The minimum Gasteiger partial charge on any atom is -0.495 e. The molecular formula is C20H16F5NO6S. The zero-order valence-electron chi connectivity index (χ0n) is 16.7. The maximum atomic E-state index is 14.4. The van der Waals surface area contributed by atoms with Gasteiger partial charge in [-0.1, -0.05) is 49.1 Å². The van der Waals surface area contributed by atoms with Crippen molar-refractivity contribution >= 4 is 33.6 Å². The van der Waals surface area contributed by atoms with E-state index in [9.17, 15) is 40.0 Å². The van der Waals surface area contributed by atoms with Gasteiger partial charge in [-0.25, -0.2) is 4.18 Å². The predicted molar refractivity (Wildman–Crippen MR) is 107 cm³/mol. The molecule has 2 rings (SSSR count). The first-order valence-corrected chi connectivity index (χ1v) is 10.2. The minimum atomic E-state index is -6.59. The van der Waals surface area contributed by atoms with Crippen LogP contribution in [0.5, 0.6) is 5.75 Å². The van der Waals surface area contributed by atoms with Crippen LogP contribution in [-0.4, -0.2) is 44.8 Å². The number of alkyl halides is 5. The third-order valence-corrected chi connectivity index (χ3v) is 5.36. The number of methoxy groups -OCH3 is 1. The number of halogens is 5. The molecule has 0 radical (unpaired) electrons. The Hall–Kier alpha value is -3.32. The summed E-state index contributed by atoms with van der Waals surface area (Å²) in [6.45, 7) is 3.47. The van der Waals surface area contributed by atoms with Crippen molar-refractivity contribution in [1.29, 1.82) is 0 Å². The maximum absolute atomic E-state index is 14.4. The monoisotopic (exact) mass is 493 g/mol. The van der Waals surface area contributed by atoms with Crippen LogP contribution in [0.4, 0.5) is 27.6 Å². The molecule has 1 amide bonds. The Morgan fingerprint density at radius 1 is 1.06 bits per heavy atom. The zero-order chi connectivity index (χ0) is 25.0. The van der Waals surface area contributed by atoms with Crippen molar-refractivity contribution in [3.05, 3.63) is 66.2 Å². The van der Waals surface area contributed by atoms with Crippen LogP contribution in [-0.2, 0) is 19.1 Å². The van der Waals surface area contributed by atoms with Gasteiger partial charge in [0.2, 0.25) is 11.9 Å². The molecule has 1 atom stereocenters. The molecule has 0 aliphatic heterocycles. The van der Waals surface area contributed by atoms with Gasteiger partial charge < -0.3 is 10.1 Å². The summed E-state index contributed by atoms with van der Waals surface area (Å²) in [5, 5.41) is -3.95. The molecule has 0 aromatic heterocycles. The van der Waals surface area contributed by atoms with E-state index >= 15 is 0 Å². The van der Waals surface area contributed by atoms with E-state index in [0.29, 0.717) is 5.56 Å². The van der Waals surface area contributed by atoms with Gasteiger partial charge in [0, 0.05) is 5.56 Å².